The van der Waals surface area contributed by atoms with Crippen LogP contribution in [0.25, 0.3) is 0 Å². The molecule has 0 spiro atoms. The number of nitrogens with one attached hydrogen (secondary N) is 1. The molecule has 1 aromatic carbocycles. The number of rotatable bonds is 2. The molecule has 1 aromatic heterocycles. The highest BCUT2D eigenvalue weighted by atomic mass is 15.1. The lowest BCUT2D eigenvalue weighted by atomic mass is 9.96. The molecule has 0 atom stereocenters. The minimum atomic E-state index is -0.130. The summed E-state index contributed by atoms with van der Waals surface area (Å²) in [7, 11) is 0. The van der Waals surface area contributed by atoms with E-state index in [1.165, 1.54) is 11.1 Å². The van der Waals surface area contributed by atoms with Gasteiger partial charge in [-0.1, -0.05) is 26.8 Å². The second-order valence-corrected chi connectivity index (χ2v) is 6.18. The quantitative estimate of drug-likeness (QED) is 0.873. The first-order valence-corrected chi connectivity index (χ1v) is 6.75. The molecule has 1 heterocycles. The fraction of sp³-hybridized carbons (Fsp3) is 0.375. The van der Waals surface area contributed by atoms with Gasteiger partial charge in [-0.3, -0.25) is 0 Å². The molecule has 0 aliphatic rings. The Morgan fingerprint density at radius 3 is 2.30 bits per heavy atom. The van der Waals surface area contributed by atoms with E-state index in [0.29, 0.717) is 5.82 Å². The zero-order valence-electron chi connectivity index (χ0n) is 12.8. The standard InChI is InChI=1S/C16H22N4/c1-10-6-7-12(8-11(10)2)18-14-9-13(17)19-15(20-14)16(3,4)5/h6-9H,1-5H3,(H3,17,18,19,20). The van der Waals surface area contributed by atoms with Crippen molar-refractivity contribution in [3.63, 3.8) is 0 Å². The highest BCUT2D eigenvalue weighted by molar-refractivity contribution is 5.60. The molecule has 0 aliphatic carbocycles. The van der Waals surface area contributed by atoms with Gasteiger partial charge in [0.2, 0.25) is 0 Å². The highest BCUT2D eigenvalue weighted by Crippen LogP contribution is 2.24. The molecular formula is C16H22N4. The van der Waals surface area contributed by atoms with Crippen LogP contribution in [0.3, 0.4) is 0 Å². The van der Waals surface area contributed by atoms with Crippen molar-refractivity contribution >= 4 is 17.3 Å². The van der Waals surface area contributed by atoms with Crippen LogP contribution < -0.4 is 11.1 Å². The maximum Gasteiger partial charge on any atom is 0.138 e. The predicted octanol–water partition coefficient (Wildman–Crippen LogP) is 3.72. The number of aryl methyl sites for hydroxylation is 2. The average molecular weight is 270 g/mol. The fourth-order valence-electron chi connectivity index (χ4n) is 1.83. The number of anilines is 3. The number of hydrogen-bond acceptors (Lipinski definition) is 4. The number of aromatic nitrogens is 2. The molecule has 0 unspecified atom stereocenters. The molecule has 0 fully saturated rings. The third kappa shape index (κ3) is 3.26. The van der Waals surface area contributed by atoms with E-state index < -0.39 is 0 Å². The van der Waals surface area contributed by atoms with Crippen LogP contribution in [0.1, 0.15) is 37.7 Å². The lowest BCUT2D eigenvalue weighted by Gasteiger charge is -2.18. The van der Waals surface area contributed by atoms with E-state index in [-0.39, 0.29) is 5.41 Å². The molecule has 0 saturated carbocycles. The SMILES string of the molecule is Cc1ccc(Nc2cc(N)nc(C(C)(C)C)n2)cc1C. The number of nitrogen functional groups attached to an aromatic ring is 1. The van der Waals surface area contributed by atoms with Crippen LogP contribution in [-0.2, 0) is 5.41 Å². The molecule has 2 aromatic rings. The van der Waals surface area contributed by atoms with Crippen LogP contribution in [0.2, 0.25) is 0 Å². The van der Waals surface area contributed by atoms with Gasteiger partial charge in [0.15, 0.2) is 0 Å². The normalized spacial score (nSPS) is 11.4. The van der Waals surface area contributed by atoms with Gasteiger partial charge in [-0.25, -0.2) is 9.97 Å². The van der Waals surface area contributed by atoms with E-state index in [2.05, 4.69) is 62.0 Å². The van der Waals surface area contributed by atoms with Crippen LogP contribution in [-0.4, -0.2) is 9.97 Å². The van der Waals surface area contributed by atoms with E-state index in [1.807, 2.05) is 6.07 Å². The molecule has 0 bridgehead atoms. The minimum Gasteiger partial charge on any atom is -0.384 e. The zero-order chi connectivity index (χ0) is 14.9. The number of nitrogens with two attached hydrogens (primary N) is 1. The molecule has 20 heavy (non-hydrogen) atoms. The molecule has 2 rings (SSSR count). The third-order valence-electron chi connectivity index (χ3n) is 3.20. The van der Waals surface area contributed by atoms with Crippen LogP contribution in [0.5, 0.6) is 0 Å². The smallest absolute Gasteiger partial charge is 0.138 e. The lowest BCUT2D eigenvalue weighted by Crippen LogP contribution is -2.17. The zero-order valence-corrected chi connectivity index (χ0v) is 12.8. The van der Waals surface area contributed by atoms with Gasteiger partial charge in [-0.05, 0) is 37.1 Å². The van der Waals surface area contributed by atoms with Crippen molar-refractivity contribution in [3.05, 3.63) is 41.2 Å². The van der Waals surface area contributed by atoms with Gasteiger partial charge in [0.25, 0.3) is 0 Å². The maximum atomic E-state index is 5.87. The largest absolute Gasteiger partial charge is 0.384 e. The van der Waals surface area contributed by atoms with Crippen molar-refractivity contribution in [1.82, 2.24) is 9.97 Å². The van der Waals surface area contributed by atoms with Crippen LogP contribution in [0.15, 0.2) is 24.3 Å². The van der Waals surface area contributed by atoms with E-state index >= 15 is 0 Å². The van der Waals surface area contributed by atoms with E-state index in [0.717, 1.165) is 17.3 Å². The Labute approximate surface area is 120 Å². The average Bonchev–Trinajstić information content (AvgIpc) is 2.32. The van der Waals surface area contributed by atoms with Crippen molar-refractivity contribution in [1.29, 1.82) is 0 Å². The summed E-state index contributed by atoms with van der Waals surface area (Å²) in [5.74, 6) is 1.95. The first-order valence-electron chi connectivity index (χ1n) is 6.75. The van der Waals surface area contributed by atoms with Crippen molar-refractivity contribution in [2.75, 3.05) is 11.1 Å². The molecular weight excluding hydrogens is 248 g/mol. The summed E-state index contributed by atoms with van der Waals surface area (Å²) in [6.45, 7) is 10.4. The second kappa shape index (κ2) is 5.12. The van der Waals surface area contributed by atoms with Crippen LogP contribution in [0, 0.1) is 13.8 Å². The van der Waals surface area contributed by atoms with Crippen LogP contribution >= 0.6 is 0 Å². The summed E-state index contributed by atoms with van der Waals surface area (Å²) in [5, 5.41) is 3.29. The Morgan fingerprint density at radius 2 is 1.70 bits per heavy atom. The van der Waals surface area contributed by atoms with Gasteiger partial charge in [-0.15, -0.1) is 0 Å². The van der Waals surface area contributed by atoms with Gasteiger partial charge in [0.05, 0.1) is 0 Å². The topological polar surface area (TPSA) is 63.8 Å². The van der Waals surface area contributed by atoms with Gasteiger partial charge in [0.1, 0.15) is 17.5 Å². The lowest BCUT2D eigenvalue weighted by molar-refractivity contribution is 0.547. The van der Waals surface area contributed by atoms with Crippen molar-refractivity contribution in [2.45, 2.75) is 40.0 Å². The van der Waals surface area contributed by atoms with Gasteiger partial charge in [-0.2, -0.15) is 0 Å². The summed E-state index contributed by atoms with van der Waals surface area (Å²) in [4.78, 5) is 8.86. The first-order chi connectivity index (χ1) is 9.25. The summed E-state index contributed by atoms with van der Waals surface area (Å²) in [5.41, 5.74) is 9.26. The van der Waals surface area contributed by atoms with E-state index in [1.54, 1.807) is 6.07 Å². The van der Waals surface area contributed by atoms with Crippen molar-refractivity contribution in [3.8, 4) is 0 Å². The summed E-state index contributed by atoms with van der Waals surface area (Å²) >= 11 is 0. The van der Waals surface area contributed by atoms with Crippen molar-refractivity contribution in [2.24, 2.45) is 0 Å². The fourth-order valence-corrected chi connectivity index (χ4v) is 1.83. The Hall–Kier alpha value is -2.10. The number of hydrogen-bond donors (Lipinski definition) is 2. The Kier molecular flexibility index (Phi) is 3.66. The third-order valence-corrected chi connectivity index (χ3v) is 3.20. The van der Waals surface area contributed by atoms with E-state index in [9.17, 15) is 0 Å². The monoisotopic (exact) mass is 270 g/mol. The number of nitrogens with zero attached hydrogens (tertiary/aromatic N) is 2. The predicted molar refractivity (Wildman–Crippen MR) is 84.3 cm³/mol. The molecule has 3 N–H and O–H groups in total. The Bertz CT molecular complexity index is 627. The maximum absolute atomic E-state index is 5.87. The summed E-state index contributed by atoms with van der Waals surface area (Å²) in [6, 6.07) is 7.99. The first kappa shape index (κ1) is 14.3. The molecule has 4 nitrogen and oxygen atoms in total. The van der Waals surface area contributed by atoms with Gasteiger partial charge in [0, 0.05) is 17.2 Å². The summed E-state index contributed by atoms with van der Waals surface area (Å²) < 4.78 is 0. The molecule has 0 aliphatic heterocycles. The van der Waals surface area contributed by atoms with Crippen LogP contribution in [0.4, 0.5) is 17.3 Å². The molecule has 4 heteroatoms. The van der Waals surface area contributed by atoms with Gasteiger partial charge >= 0.3 is 0 Å². The minimum absolute atomic E-state index is 0.130. The molecule has 0 saturated heterocycles. The van der Waals surface area contributed by atoms with Gasteiger partial charge < -0.3 is 11.1 Å². The molecule has 0 amide bonds. The molecule has 0 radical (unpaired) electrons. The van der Waals surface area contributed by atoms with E-state index in [4.69, 9.17) is 5.73 Å². The second-order valence-electron chi connectivity index (χ2n) is 6.18. The number of benzene rings is 1. The Balaban J connectivity index is 2.33. The summed E-state index contributed by atoms with van der Waals surface area (Å²) in [6.07, 6.45) is 0. The van der Waals surface area contributed by atoms with Crippen molar-refractivity contribution < 1.29 is 0 Å². The Morgan fingerprint density at radius 1 is 1.00 bits per heavy atom. The molecule has 106 valence electrons. The highest BCUT2D eigenvalue weighted by Gasteiger charge is 2.18.